The number of hydrogen-bond acceptors (Lipinski definition) is 5. The zero-order valence-corrected chi connectivity index (χ0v) is 15.6. The summed E-state index contributed by atoms with van der Waals surface area (Å²) in [6.07, 6.45) is -1.99. The third kappa shape index (κ3) is 4.39. The Hall–Kier alpha value is -2.74. The quantitative estimate of drug-likeness (QED) is 0.680. The zero-order chi connectivity index (χ0) is 20.1. The van der Waals surface area contributed by atoms with E-state index in [-0.39, 0.29) is 31.5 Å². The van der Waals surface area contributed by atoms with E-state index in [2.05, 4.69) is 5.32 Å². The van der Waals surface area contributed by atoms with Crippen molar-refractivity contribution in [1.82, 2.24) is 10.2 Å². The van der Waals surface area contributed by atoms with E-state index >= 15 is 0 Å². The number of ether oxygens (including phenoxy) is 1. The van der Waals surface area contributed by atoms with Crippen LogP contribution in [-0.4, -0.2) is 71.5 Å². The molecule has 7 heteroatoms. The van der Waals surface area contributed by atoms with Crippen molar-refractivity contribution in [3.63, 3.8) is 0 Å². The smallest absolute Gasteiger partial charge is 0.253 e. The molecule has 2 aromatic rings. The molecule has 0 saturated carbocycles. The van der Waals surface area contributed by atoms with Crippen molar-refractivity contribution in [2.75, 3.05) is 26.7 Å². The average molecular weight is 384 g/mol. The van der Waals surface area contributed by atoms with Crippen molar-refractivity contribution in [1.29, 1.82) is 0 Å². The van der Waals surface area contributed by atoms with Crippen LogP contribution < -0.4 is 5.32 Å². The van der Waals surface area contributed by atoms with Crippen LogP contribution in [0.25, 0.3) is 0 Å². The van der Waals surface area contributed by atoms with Gasteiger partial charge in [0.25, 0.3) is 11.8 Å². The molecular weight excluding hydrogens is 360 g/mol. The van der Waals surface area contributed by atoms with Gasteiger partial charge in [0.2, 0.25) is 0 Å². The molecule has 1 aliphatic heterocycles. The summed E-state index contributed by atoms with van der Waals surface area (Å²) in [7, 11) is 1.61. The lowest BCUT2D eigenvalue weighted by molar-refractivity contribution is -0.0486. The molecule has 1 heterocycles. The van der Waals surface area contributed by atoms with Crippen LogP contribution in [0.3, 0.4) is 0 Å². The monoisotopic (exact) mass is 384 g/mol. The minimum Gasteiger partial charge on any atom is -0.387 e. The van der Waals surface area contributed by atoms with Gasteiger partial charge in [-0.05, 0) is 24.3 Å². The van der Waals surface area contributed by atoms with Crippen molar-refractivity contribution >= 4 is 11.8 Å². The number of likely N-dealkylation sites (N-methyl/N-ethyl adjacent to an activating group) is 1. The molecule has 28 heavy (non-hydrogen) atoms. The molecule has 0 unspecified atom stereocenters. The molecule has 2 aromatic carbocycles. The molecule has 0 spiro atoms. The molecule has 0 aliphatic carbocycles. The van der Waals surface area contributed by atoms with Crippen LogP contribution in [0.4, 0.5) is 0 Å². The molecule has 1 fully saturated rings. The summed E-state index contributed by atoms with van der Waals surface area (Å²) in [6.45, 7) is -0.181. The predicted molar refractivity (Wildman–Crippen MR) is 103 cm³/mol. The fourth-order valence-corrected chi connectivity index (χ4v) is 3.16. The third-order valence-corrected chi connectivity index (χ3v) is 4.86. The van der Waals surface area contributed by atoms with Gasteiger partial charge in [-0.2, -0.15) is 0 Å². The third-order valence-electron chi connectivity index (χ3n) is 4.86. The molecule has 3 N–H and O–H groups in total. The Labute approximate surface area is 163 Å². The molecule has 0 radical (unpaired) electrons. The zero-order valence-electron chi connectivity index (χ0n) is 15.6. The van der Waals surface area contributed by atoms with Crippen LogP contribution in [-0.2, 0) is 4.74 Å². The van der Waals surface area contributed by atoms with Gasteiger partial charge >= 0.3 is 0 Å². The number of amides is 2. The normalized spacial score (nSPS) is 24.0. The number of aliphatic hydroxyl groups excluding tert-OH is 1. The molecule has 1 saturated heterocycles. The summed E-state index contributed by atoms with van der Waals surface area (Å²) in [5, 5.41) is 23.9. The molecule has 7 nitrogen and oxygen atoms in total. The van der Waals surface area contributed by atoms with Crippen LogP contribution in [0.1, 0.15) is 20.7 Å². The van der Waals surface area contributed by atoms with Crippen molar-refractivity contribution in [3.8, 4) is 0 Å². The predicted octanol–water partition coefficient (Wildman–Crippen LogP) is 0.679. The Morgan fingerprint density at radius 3 is 2.29 bits per heavy atom. The first-order valence-corrected chi connectivity index (χ1v) is 9.06. The van der Waals surface area contributed by atoms with E-state index in [1.165, 1.54) is 4.90 Å². The Morgan fingerprint density at radius 1 is 1.11 bits per heavy atom. The van der Waals surface area contributed by atoms with Crippen LogP contribution >= 0.6 is 0 Å². The molecular formula is C21H24N2O5. The average Bonchev–Trinajstić information content (AvgIpc) is 3.01. The minimum atomic E-state index is -1.62. The summed E-state index contributed by atoms with van der Waals surface area (Å²) in [5.74, 6) is -0.551. The first-order valence-electron chi connectivity index (χ1n) is 9.06. The van der Waals surface area contributed by atoms with E-state index in [1.807, 2.05) is 6.07 Å². The fourth-order valence-electron chi connectivity index (χ4n) is 3.16. The summed E-state index contributed by atoms with van der Waals surface area (Å²) in [6, 6.07) is 17.4. The van der Waals surface area contributed by atoms with Gasteiger partial charge in [-0.1, -0.05) is 36.4 Å². The molecule has 3 rings (SSSR count). The molecule has 148 valence electrons. The number of hydrogen-bond donors (Lipinski definition) is 3. The maximum absolute atomic E-state index is 12.4. The second-order valence-corrected chi connectivity index (χ2v) is 7.00. The lowest BCUT2D eigenvalue weighted by atomic mass is 9.96. The first-order chi connectivity index (χ1) is 13.4. The number of rotatable bonds is 6. The van der Waals surface area contributed by atoms with Gasteiger partial charge in [-0.15, -0.1) is 0 Å². The maximum Gasteiger partial charge on any atom is 0.253 e. The Morgan fingerprint density at radius 2 is 1.68 bits per heavy atom. The van der Waals surface area contributed by atoms with Gasteiger partial charge in [0.05, 0.1) is 13.2 Å². The van der Waals surface area contributed by atoms with E-state index in [0.29, 0.717) is 11.1 Å². The van der Waals surface area contributed by atoms with Gasteiger partial charge in [0.1, 0.15) is 17.8 Å². The van der Waals surface area contributed by atoms with Crippen LogP contribution in [0.5, 0.6) is 0 Å². The van der Waals surface area contributed by atoms with Crippen molar-refractivity contribution in [2.24, 2.45) is 0 Å². The van der Waals surface area contributed by atoms with E-state index in [4.69, 9.17) is 4.74 Å². The highest BCUT2D eigenvalue weighted by Crippen LogP contribution is 2.25. The van der Waals surface area contributed by atoms with E-state index in [0.717, 1.165) is 0 Å². The highest BCUT2D eigenvalue weighted by molar-refractivity contribution is 5.94. The molecule has 3 atom stereocenters. The number of benzene rings is 2. The van der Waals surface area contributed by atoms with Gasteiger partial charge < -0.3 is 25.2 Å². The second-order valence-electron chi connectivity index (χ2n) is 7.00. The molecule has 2 amide bonds. The lowest BCUT2D eigenvalue weighted by Crippen LogP contribution is -2.53. The maximum atomic E-state index is 12.4. The fraction of sp³-hybridized carbons (Fsp3) is 0.333. The van der Waals surface area contributed by atoms with E-state index < -0.39 is 17.8 Å². The van der Waals surface area contributed by atoms with Crippen molar-refractivity contribution < 1.29 is 24.5 Å². The molecule has 1 aliphatic rings. The van der Waals surface area contributed by atoms with Crippen LogP contribution in [0.15, 0.2) is 60.7 Å². The highest BCUT2D eigenvalue weighted by Gasteiger charge is 2.48. The number of nitrogens with zero attached hydrogens (tertiary/aromatic N) is 1. The van der Waals surface area contributed by atoms with Crippen molar-refractivity contribution in [3.05, 3.63) is 71.8 Å². The standard InChI is InChI=1S/C21H24N2O5/c1-23(20(26)16-10-6-3-7-11-16)12-17-18(24)21(27,14-28-17)13-22-19(25)15-8-4-2-5-9-15/h2-11,17-18,24,27H,12-14H2,1H3,(H,22,25)/t17-,18-,21+/m1/s1. The van der Waals surface area contributed by atoms with Gasteiger partial charge in [-0.25, -0.2) is 0 Å². The minimum absolute atomic E-state index is 0.115. The lowest BCUT2D eigenvalue weighted by Gasteiger charge is -2.28. The molecule has 0 aromatic heterocycles. The van der Waals surface area contributed by atoms with Gasteiger partial charge in [0.15, 0.2) is 0 Å². The summed E-state index contributed by atoms with van der Waals surface area (Å²) >= 11 is 0. The Bertz CT molecular complexity index is 814. The number of carbonyl (C=O) groups is 2. The second kappa shape index (κ2) is 8.52. The van der Waals surface area contributed by atoms with Gasteiger partial charge in [-0.3, -0.25) is 9.59 Å². The number of carbonyl (C=O) groups excluding carboxylic acids is 2. The molecule has 0 bridgehead atoms. The highest BCUT2D eigenvalue weighted by atomic mass is 16.5. The van der Waals surface area contributed by atoms with Crippen LogP contribution in [0.2, 0.25) is 0 Å². The summed E-state index contributed by atoms with van der Waals surface area (Å²) in [5.41, 5.74) is -0.627. The van der Waals surface area contributed by atoms with Crippen molar-refractivity contribution in [2.45, 2.75) is 17.8 Å². The Balaban J connectivity index is 1.56. The topological polar surface area (TPSA) is 99.1 Å². The van der Waals surface area contributed by atoms with Gasteiger partial charge in [0, 0.05) is 24.7 Å². The SMILES string of the molecule is CN(C[C@H]1OC[C@@](O)(CNC(=O)c2ccccc2)[C@@H]1O)C(=O)c1ccccc1. The summed E-state index contributed by atoms with van der Waals surface area (Å²) < 4.78 is 5.53. The van der Waals surface area contributed by atoms with Crippen LogP contribution in [0, 0.1) is 0 Å². The first kappa shape index (κ1) is 20.0. The number of aliphatic hydroxyl groups is 2. The largest absolute Gasteiger partial charge is 0.387 e. The Kier molecular flexibility index (Phi) is 6.08. The van der Waals surface area contributed by atoms with E-state index in [1.54, 1.807) is 61.6 Å². The summed E-state index contributed by atoms with van der Waals surface area (Å²) in [4.78, 5) is 26.0. The number of nitrogens with one attached hydrogen (secondary N) is 1. The van der Waals surface area contributed by atoms with E-state index in [9.17, 15) is 19.8 Å².